The predicted molar refractivity (Wildman–Crippen MR) is 70.8 cm³/mol. The number of carbonyl (C=O) groups is 2. The van der Waals surface area contributed by atoms with Crippen LogP contribution in [0.25, 0.3) is 0 Å². The van der Waals surface area contributed by atoms with E-state index in [4.69, 9.17) is 5.73 Å². The maximum absolute atomic E-state index is 12.2. The first-order valence-electron chi connectivity index (χ1n) is 6.39. The minimum Gasteiger partial charge on any atom is -0.350 e. The maximum Gasteiger partial charge on any atom is 0.242 e. The van der Waals surface area contributed by atoms with Crippen LogP contribution in [0.4, 0.5) is 0 Å². The molecule has 0 bridgehead atoms. The Hall–Kier alpha value is -1.10. The van der Waals surface area contributed by atoms with Crippen LogP contribution in [0.15, 0.2) is 0 Å². The summed E-state index contributed by atoms with van der Waals surface area (Å²) in [5.74, 6) is -0.0582. The van der Waals surface area contributed by atoms with Crippen molar-refractivity contribution < 1.29 is 9.59 Å². The molecule has 0 aliphatic heterocycles. The average Bonchev–Trinajstić information content (AvgIpc) is 2.95. The highest BCUT2D eigenvalue weighted by Crippen LogP contribution is 2.38. The molecule has 104 valence electrons. The molecule has 0 aromatic heterocycles. The molecular weight excluding hydrogens is 230 g/mol. The number of nitrogens with one attached hydrogen (secondary N) is 1. The van der Waals surface area contributed by atoms with E-state index in [9.17, 15) is 9.59 Å². The highest BCUT2D eigenvalue weighted by atomic mass is 16.2. The van der Waals surface area contributed by atoms with Crippen LogP contribution in [0, 0.1) is 5.92 Å². The molecule has 0 aromatic rings. The molecule has 0 spiro atoms. The summed E-state index contributed by atoms with van der Waals surface area (Å²) in [4.78, 5) is 25.3. The summed E-state index contributed by atoms with van der Waals surface area (Å²) in [7, 11) is 1.62. The van der Waals surface area contributed by atoms with Crippen molar-refractivity contribution >= 4 is 11.8 Å². The number of nitrogens with two attached hydrogens (primary N) is 1. The van der Waals surface area contributed by atoms with E-state index in [2.05, 4.69) is 5.32 Å². The summed E-state index contributed by atoms with van der Waals surface area (Å²) >= 11 is 0. The lowest BCUT2D eigenvalue weighted by atomic mass is 9.95. The van der Waals surface area contributed by atoms with Crippen LogP contribution < -0.4 is 11.1 Å². The van der Waals surface area contributed by atoms with Crippen molar-refractivity contribution in [1.29, 1.82) is 0 Å². The molecule has 1 atom stereocenters. The molecule has 1 rings (SSSR count). The summed E-state index contributed by atoms with van der Waals surface area (Å²) in [6.07, 6.45) is 2.00. The van der Waals surface area contributed by atoms with E-state index in [0.29, 0.717) is 0 Å². The van der Waals surface area contributed by atoms with Crippen LogP contribution in [0.2, 0.25) is 0 Å². The van der Waals surface area contributed by atoms with Crippen molar-refractivity contribution in [3.8, 4) is 0 Å². The van der Waals surface area contributed by atoms with E-state index in [-0.39, 0.29) is 29.8 Å². The Morgan fingerprint density at radius 2 is 1.78 bits per heavy atom. The smallest absolute Gasteiger partial charge is 0.242 e. The van der Waals surface area contributed by atoms with Gasteiger partial charge in [-0.05, 0) is 46.5 Å². The molecule has 5 nitrogen and oxygen atoms in total. The highest BCUT2D eigenvalue weighted by molar-refractivity contribution is 5.90. The van der Waals surface area contributed by atoms with E-state index in [0.717, 1.165) is 12.8 Å². The van der Waals surface area contributed by atoms with Gasteiger partial charge >= 0.3 is 0 Å². The van der Waals surface area contributed by atoms with Gasteiger partial charge in [0.2, 0.25) is 11.8 Å². The monoisotopic (exact) mass is 255 g/mol. The van der Waals surface area contributed by atoms with E-state index in [1.54, 1.807) is 14.0 Å². The number of hydrogen-bond donors (Lipinski definition) is 2. The molecule has 5 heteroatoms. The first-order chi connectivity index (χ1) is 8.04. The average molecular weight is 255 g/mol. The van der Waals surface area contributed by atoms with Crippen LogP contribution in [-0.2, 0) is 9.59 Å². The van der Waals surface area contributed by atoms with Crippen LogP contribution in [0.1, 0.15) is 40.5 Å². The van der Waals surface area contributed by atoms with Crippen molar-refractivity contribution in [2.24, 2.45) is 11.7 Å². The second kappa shape index (κ2) is 4.88. The first-order valence-corrected chi connectivity index (χ1v) is 6.39. The number of likely N-dealkylation sites (N-methyl/N-ethyl adjacent to an activating group) is 1. The molecule has 1 saturated carbocycles. The Morgan fingerprint density at radius 3 is 2.17 bits per heavy atom. The molecule has 1 fully saturated rings. The zero-order valence-corrected chi connectivity index (χ0v) is 12.0. The van der Waals surface area contributed by atoms with Gasteiger partial charge in [-0.1, -0.05) is 0 Å². The molecule has 0 saturated heterocycles. The fourth-order valence-electron chi connectivity index (χ4n) is 2.01. The summed E-state index contributed by atoms with van der Waals surface area (Å²) in [6, 6.07) is 0. The Balaban J connectivity index is 2.52. The standard InChI is InChI=1S/C13H25N3O2/c1-12(2,3)15-10(17)8-16(5)11(18)13(4,14)9-6-7-9/h9H,6-8,14H2,1-5H3,(H,15,17). The van der Waals surface area contributed by atoms with Crippen LogP contribution in [-0.4, -0.2) is 41.4 Å². The van der Waals surface area contributed by atoms with Crippen LogP contribution in [0.3, 0.4) is 0 Å². The van der Waals surface area contributed by atoms with E-state index in [1.807, 2.05) is 20.8 Å². The third-order valence-electron chi connectivity index (χ3n) is 3.13. The van der Waals surface area contributed by atoms with Crippen LogP contribution in [0.5, 0.6) is 0 Å². The highest BCUT2D eigenvalue weighted by Gasteiger charge is 2.45. The number of rotatable bonds is 4. The SMILES string of the molecule is CN(CC(=O)NC(C)(C)C)C(=O)C(C)(N)C1CC1. The Morgan fingerprint density at radius 1 is 1.28 bits per heavy atom. The lowest BCUT2D eigenvalue weighted by Crippen LogP contribution is -2.56. The summed E-state index contributed by atoms with van der Waals surface area (Å²) in [5, 5.41) is 2.83. The molecule has 0 aromatic carbocycles. The first kappa shape index (κ1) is 15.0. The number of carbonyl (C=O) groups excluding carboxylic acids is 2. The summed E-state index contributed by atoms with van der Waals surface area (Å²) in [5.41, 5.74) is 4.92. The van der Waals surface area contributed by atoms with E-state index < -0.39 is 5.54 Å². The van der Waals surface area contributed by atoms with Gasteiger partial charge < -0.3 is 16.0 Å². The van der Waals surface area contributed by atoms with Gasteiger partial charge in [-0.15, -0.1) is 0 Å². The molecule has 1 aliphatic carbocycles. The lowest BCUT2D eigenvalue weighted by molar-refractivity contribution is -0.139. The quantitative estimate of drug-likeness (QED) is 0.767. The van der Waals surface area contributed by atoms with Gasteiger partial charge in [0.25, 0.3) is 0 Å². The van der Waals surface area contributed by atoms with Gasteiger partial charge in [0, 0.05) is 12.6 Å². The third-order valence-corrected chi connectivity index (χ3v) is 3.13. The molecule has 2 amide bonds. The summed E-state index contributed by atoms with van der Waals surface area (Å²) in [6.45, 7) is 7.53. The van der Waals surface area contributed by atoms with E-state index >= 15 is 0 Å². The second-order valence-corrected chi connectivity index (χ2v) is 6.52. The summed E-state index contributed by atoms with van der Waals surface area (Å²) < 4.78 is 0. The maximum atomic E-state index is 12.2. The fourth-order valence-corrected chi connectivity index (χ4v) is 2.01. The zero-order chi connectivity index (χ0) is 14.1. The van der Waals surface area contributed by atoms with E-state index in [1.165, 1.54) is 4.90 Å². The van der Waals surface area contributed by atoms with Gasteiger partial charge in [0.1, 0.15) is 0 Å². The Labute approximate surface area is 109 Å². The Kier molecular flexibility index (Phi) is 4.05. The normalized spacial score (nSPS) is 19.0. The van der Waals surface area contributed by atoms with Crippen molar-refractivity contribution in [2.75, 3.05) is 13.6 Å². The zero-order valence-electron chi connectivity index (χ0n) is 12.0. The second-order valence-electron chi connectivity index (χ2n) is 6.52. The molecular formula is C13H25N3O2. The molecule has 0 heterocycles. The van der Waals surface area contributed by atoms with Crippen molar-refractivity contribution in [3.63, 3.8) is 0 Å². The number of hydrogen-bond acceptors (Lipinski definition) is 3. The topological polar surface area (TPSA) is 75.4 Å². The molecule has 3 N–H and O–H groups in total. The number of nitrogens with zero attached hydrogens (tertiary/aromatic N) is 1. The van der Waals surface area contributed by atoms with Gasteiger partial charge in [-0.3, -0.25) is 9.59 Å². The minimum atomic E-state index is -0.837. The van der Waals surface area contributed by atoms with Gasteiger partial charge in [-0.2, -0.15) is 0 Å². The molecule has 18 heavy (non-hydrogen) atoms. The van der Waals surface area contributed by atoms with Gasteiger partial charge in [0.15, 0.2) is 0 Å². The Bertz CT molecular complexity index is 341. The van der Waals surface area contributed by atoms with Gasteiger partial charge in [-0.25, -0.2) is 0 Å². The minimum absolute atomic E-state index is 0.0512. The van der Waals surface area contributed by atoms with Gasteiger partial charge in [0.05, 0.1) is 12.1 Å². The predicted octanol–water partition coefficient (Wildman–Crippen LogP) is 0.487. The largest absolute Gasteiger partial charge is 0.350 e. The van der Waals surface area contributed by atoms with Crippen molar-refractivity contribution in [1.82, 2.24) is 10.2 Å². The van der Waals surface area contributed by atoms with Crippen LogP contribution >= 0.6 is 0 Å². The molecule has 0 radical (unpaired) electrons. The molecule has 1 aliphatic rings. The molecule has 1 unspecified atom stereocenters. The lowest BCUT2D eigenvalue weighted by Gasteiger charge is -2.30. The van der Waals surface area contributed by atoms with Crippen molar-refractivity contribution in [3.05, 3.63) is 0 Å². The third kappa shape index (κ3) is 3.98. The van der Waals surface area contributed by atoms with Crippen molar-refractivity contribution in [2.45, 2.75) is 51.6 Å². The fraction of sp³-hybridized carbons (Fsp3) is 0.846. The number of amides is 2.